The summed E-state index contributed by atoms with van der Waals surface area (Å²) in [6, 6.07) is 4.58. The highest BCUT2D eigenvalue weighted by Crippen LogP contribution is 2.26. The molecule has 1 fully saturated rings. The van der Waals surface area contributed by atoms with Crippen LogP contribution in [0.15, 0.2) is 29.0 Å². The van der Waals surface area contributed by atoms with Crippen molar-refractivity contribution >= 4 is 11.3 Å². The zero-order valence-electron chi connectivity index (χ0n) is 8.27. The van der Waals surface area contributed by atoms with Gasteiger partial charge in [0.25, 0.3) is 0 Å². The van der Waals surface area contributed by atoms with E-state index in [4.69, 9.17) is 4.42 Å². The number of thiazole rings is 1. The van der Waals surface area contributed by atoms with Gasteiger partial charge in [-0.25, -0.2) is 4.98 Å². The van der Waals surface area contributed by atoms with Gasteiger partial charge < -0.3 is 9.73 Å². The minimum absolute atomic E-state index is 0.749. The van der Waals surface area contributed by atoms with Gasteiger partial charge in [0.05, 0.1) is 6.26 Å². The average molecular weight is 220 g/mol. The molecule has 0 spiro atoms. The van der Waals surface area contributed by atoms with Crippen molar-refractivity contribution in [3.05, 3.63) is 29.5 Å². The number of rotatable bonds is 4. The summed E-state index contributed by atoms with van der Waals surface area (Å²) in [7, 11) is 0. The summed E-state index contributed by atoms with van der Waals surface area (Å²) in [5, 5.41) is 4.44. The van der Waals surface area contributed by atoms with E-state index in [0.717, 1.165) is 23.4 Å². The molecule has 1 aliphatic carbocycles. The SMILES string of the molecule is c1coc(-c2ncc(CNC3CC3)s2)c1. The topological polar surface area (TPSA) is 38.1 Å². The first-order chi connectivity index (χ1) is 7.42. The lowest BCUT2D eigenvalue weighted by molar-refractivity contribution is 0.582. The van der Waals surface area contributed by atoms with Gasteiger partial charge in [-0.05, 0) is 25.0 Å². The van der Waals surface area contributed by atoms with Crippen LogP contribution in [0.25, 0.3) is 10.8 Å². The molecule has 2 aromatic heterocycles. The first kappa shape index (κ1) is 9.12. The normalized spacial score (nSPS) is 15.7. The molecule has 1 aliphatic rings. The molecule has 1 N–H and O–H groups in total. The van der Waals surface area contributed by atoms with Gasteiger partial charge in [0.1, 0.15) is 0 Å². The first-order valence-corrected chi connectivity index (χ1v) is 5.95. The molecule has 0 amide bonds. The molecule has 4 heteroatoms. The fourth-order valence-corrected chi connectivity index (χ4v) is 2.27. The van der Waals surface area contributed by atoms with E-state index in [2.05, 4.69) is 10.3 Å². The van der Waals surface area contributed by atoms with E-state index in [0.29, 0.717) is 0 Å². The highest BCUT2D eigenvalue weighted by molar-refractivity contribution is 7.14. The van der Waals surface area contributed by atoms with Crippen LogP contribution in [0.3, 0.4) is 0 Å². The second-order valence-electron chi connectivity index (χ2n) is 3.76. The molecular formula is C11H12N2OS. The lowest BCUT2D eigenvalue weighted by Crippen LogP contribution is -2.14. The molecule has 3 nitrogen and oxygen atoms in total. The standard InChI is InChI=1S/C11H12N2OS/c1-2-10(14-5-1)11-13-7-9(15-11)6-12-8-3-4-8/h1-2,5,7-8,12H,3-4,6H2. The largest absolute Gasteiger partial charge is 0.462 e. The van der Waals surface area contributed by atoms with Crippen molar-refractivity contribution in [2.24, 2.45) is 0 Å². The molecule has 3 rings (SSSR count). The lowest BCUT2D eigenvalue weighted by Gasteiger charge is -1.96. The summed E-state index contributed by atoms with van der Waals surface area (Å²) >= 11 is 1.69. The summed E-state index contributed by atoms with van der Waals surface area (Å²) < 4.78 is 5.30. The molecular weight excluding hydrogens is 208 g/mol. The Morgan fingerprint density at radius 1 is 1.53 bits per heavy atom. The smallest absolute Gasteiger partial charge is 0.162 e. The molecule has 1 saturated carbocycles. The van der Waals surface area contributed by atoms with Crippen molar-refractivity contribution in [3.8, 4) is 10.8 Å². The Kier molecular flexibility index (Phi) is 2.31. The fraction of sp³-hybridized carbons (Fsp3) is 0.364. The van der Waals surface area contributed by atoms with Crippen LogP contribution in [0.2, 0.25) is 0 Å². The van der Waals surface area contributed by atoms with E-state index < -0.39 is 0 Å². The van der Waals surface area contributed by atoms with Gasteiger partial charge in [-0.2, -0.15) is 0 Å². The number of nitrogens with one attached hydrogen (secondary N) is 1. The maximum Gasteiger partial charge on any atom is 0.162 e. The molecule has 0 atom stereocenters. The Bertz CT molecular complexity index is 431. The minimum Gasteiger partial charge on any atom is -0.462 e. The quantitative estimate of drug-likeness (QED) is 0.860. The van der Waals surface area contributed by atoms with Gasteiger partial charge in [-0.15, -0.1) is 11.3 Å². The second-order valence-corrected chi connectivity index (χ2v) is 4.88. The monoisotopic (exact) mass is 220 g/mol. The van der Waals surface area contributed by atoms with Crippen molar-refractivity contribution in [1.82, 2.24) is 10.3 Å². The molecule has 15 heavy (non-hydrogen) atoms. The van der Waals surface area contributed by atoms with Gasteiger partial charge in [-0.3, -0.25) is 0 Å². The molecule has 0 aromatic carbocycles. The fourth-order valence-electron chi connectivity index (χ4n) is 1.44. The third-order valence-corrected chi connectivity index (χ3v) is 3.44. The van der Waals surface area contributed by atoms with Crippen LogP contribution in [-0.4, -0.2) is 11.0 Å². The summed E-state index contributed by atoms with van der Waals surface area (Å²) in [6.07, 6.45) is 6.25. The molecule has 2 aromatic rings. The van der Waals surface area contributed by atoms with Gasteiger partial charge in [0, 0.05) is 23.7 Å². The van der Waals surface area contributed by atoms with Gasteiger partial charge in [-0.1, -0.05) is 0 Å². The third-order valence-electron chi connectivity index (χ3n) is 2.43. The van der Waals surface area contributed by atoms with E-state index in [9.17, 15) is 0 Å². The average Bonchev–Trinajstić information content (AvgIpc) is 2.78. The predicted octanol–water partition coefficient (Wildman–Crippen LogP) is 2.66. The van der Waals surface area contributed by atoms with Crippen molar-refractivity contribution in [2.45, 2.75) is 25.4 Å². The van der Waals surface area contributed by atoms with E-state index in [1.807, 2.05) is 18.3 Å². The van der Waals surface area contributed by atoms with Crippen LogP contribution in [-0.2, 0) is 6.54 Å². The van der Waals surface area contributed by atoms with Crippen LogP contribution in [0.4, 0.5) is 0 Å². The summed E-state index contributed by atoms with van der Waals surface area (Å²) in [6.45, 7) is 0.934. The van der Waals surface area contributed by atoms with Crippen LogP contribution in [0.5, 0.6) is 0 Å². The zero-order valence-corrected chi connectivity index (χ0v) is 9.09. The van der Waals surface area contributed by atoms with E-state index in [-0.39, 0.29) is 0 Å². The van der Waals surface area contributed by atoms with Gasteiger partial charge >= 0.3 is 0 Å². The van der Waals surface area contributed by atoms with E-state index in [1.54, 1.807) is 17.6 Å². The number of hydrogen-bond donors (Lipinski definition) is 1. The zero-order chi connectivity index (χ0) is 10.1. The summed E-state index contributed by atoms with van der Waals surface area (Å²) in [4.78, 5) is 5.61. The Morgan fingerprint density at radius 2 is 2.47 bits per heavy atom. The maximum atomic E-state index is 5.30. The van der Waals surface area contributed by atoms with Crippen molar-refractivity contribution in [2.75, 3.05) is 0 Å². The van der Waals surface area contributed by atoms with E-state index in [1.165, 1.54) is 17.7 Å². The van der Waals surface area contributed by atoms with Crippen LogP contribution >= 0.6 is 11.3 Å². The molecule has 0 saturated heterocycles. The Balaban J connectivity index is 1.69. The second kappa shape index (κ2) is 3.79. The van der Waals surface area contributed by atoms with Crippen LogP contribution in [0.1, 0.15) is 17.7 Å². The van der Waals surface area contributed by atoms with Crippen molar-refractivity contribution in [3.63, 3.8) is 0 Å². The van der Waals surface area contributed by atoms with Gasteiger partial charge in [0.15, 0.2) is 10.8 Å². The highest BCUT2D eigenvalue weighted by atomic mass is 32.1. The van der Waals surface area contributed by atoms with Crippen LogP contribution < -0.4 is 5.32 Å². The number of aromatic nitrogens is 1. The molecule has 0 unspecified atom stereocenters. The molecule has 78 valence electrons. The highest BCUT2D eigenvalue weighted by Gasteiger charge is 2.20. The van der Waals surface area contributed by atoms with Gasteiger partial charge in [0.2, 0.25) is 0 Å². The molecule has 0 aliphatic heterocycles. The summed E-state index contributed by atoms with van der Waals surface area (Å²) in [5.74, 6) is 0.859. The predicted molar refractivity (Wildman–Crippen MR) is 59.7 cm³/mol. The molecule has 2 heterocycles. The Labute approximate surface area is 92.1 Å². The number of nitrogens with zero attached hydrogens (tertiary/aromatic N) is 1. The van der Waals surface area contributed by atoms with Crippen molar-refractivity contribution < 1.29 is 4.42 Å². The Hall–Kier alpha value is -1.13. The molecule has 0 bridgehead atoms. The first-order valence-electron chi connectivity index (χ1n) is 5.14. The lowest BCUT2D eigenvalue weighted by atomic mass is 10.5. The van der Waals surface area contributed by atoms with Crippen LogP contribution in [0, 0.1) is 0 Å². The summed E-state index contributed by atoms with van der Waals surface area (Å²) in [5.41, 5.74) is 0. The maximum absolute atomic E-state index is 5.30. The minimum atomic E-state index is 0.749. The number of hydrogen-bond acceptors (Lipinski definition) is 4. The van der Waals surface area contributed by atoms with E-state index >= 15 is 0 Å². The van der Waals surface area contributed by atoms with Crippen molar-refractivity contribution in [1.29, 1.82) is 0 Å². The Morgan fingerprint density at radius 3 is 3.20 bits per heavy atom. The molecule has 0 radical (unpaired) electrons. The number of furan rings is 1. The third kappa shape index (κ3) is 2.11.